The molecule has 0 saturated heterocycles. The highest BCUT2D eigenvalue weighted by Gasteiger charge is 2.23. The summed E-state index contributed by atoms with van der Waals surface area (Å²) in [4.78, 5) is 14.2. The summed E-state index contributed by atoms with van der Waals surface area (Å²) in [5, 5.41) is 0. The summed E-state index contributed by atoms with van der Waals surface area (Å²) in [5.74, 6) is 0.0973. The lowest BCUT2D eigenvalue weighted by Crippen LogP contribution is -2.38. The normalized spacial score (nSPS) is 14.7. The van der Waals surface area contributed by atoms with Crippen LogP contribution in [0, 0.1) is 0 Å². The van der Waals surface area contributed by atoms with Gasteiger partial charge in [0.15, 0.2) is 0 Å². The van der Waals surface area contributed by atoms with E-state index in [0.29, 0.717) is 12.3 Å². The topological polar surface area (TPSA) is 55.6 Å². The van der Waals surface area contributed by atoms with Crippen LogP contribution in [-0.4, -0.2) is 37.1 Å². The van der Waals surface area contributed by atoms with Crippen LogP contribution in [-0.2, 0) is 11.2 Å². The van der Waals surface area contributed by atoms with Crippen LogP contribution in [0.15, 0.2) is 18.2 Å². The summed E-state index contributed by atoms with van der Waals surface area (Å²) in [6, 6.07) is 5.60. The maximum Gasteiger partial charge on any atom is 0.254 e. The number of amides is 1. The minimum atomic E-state index is 0.0973. The Labute approximate surface area is 108 Å². The van der Waals surface area contributed by atoms with Gasteiger partial charge in [-0.3, -0.25) is 4.79 Å². The van der Waals surface area contributed by atoms with Gasteiger partial charge in [0.25, 0.3) is 5.91 Å². The number of nitrogens with zero attached hydrogens (tertiary/aromatic N) is 1. The van der Waals surface area contributed by atoms with Gasteiger partial charge in [-0.05, 0) is 37.5 Å². The highest BCUT2D eigenvalue weighted by molar-refractivity contribution is 5.97. The van der Waals surface area contributed by atoms with Crippen molar-refractivity contribution in [3.8, 4) is 0 Å². The molecule has 0 aromatic heterocycles. The molecule has 1 heterocycles. The third-order valence-electron chi connectivity index (χ3n) is 3.22. The third-order valence-corrected chi connectivity index (χ3v) is 3.22. The maximum atomic E-state index is 12.3. The second-order valence-corrected chi connectivity index (χ2v) is 4.51. The summed E-state index contributed by atoms with van der Waals surface area (Å²) in [6.45, 7) is 4.97. The van der Waals surface area contributed by atoms with Gasteiger partial charge in [-0.15, -0.1) is 0 Å². The van der Waals surface area contributed by atoms with Gasteiger partial charge in [0.2, 0.25) is 0 Å². The summed E-state index contributed by atoms with van der Waals surface area (Å²) in [6.07, 6.45) is 1.80. The van der Waals surface area contributed by atoms with Gasteiger partial charge >= 0.3 is 0 Å². The Balaban J connectivity index is 1.99. The van der Waals surface area contributed by atoms with E-state index in [2.05, 4.69) is 0 Å². The average molecular weight is 248 g/mol. The smallest absolute Gasteiger partial charge is 0.254 e. The molecule has 2 rings (SSSR count). The number of hydrogen-bond donors (Lipinski definition) is 1. The molecule has 4 nitrogen and oxygen atoms in total. The van der Waals surface area contributed by atoms with Crippen LogP contribution in [0.4, 0.5) is 5.69 Å². The lowest BCUT2D eigenvalue weighted by atomic mass is 9.98. The van der Waals surface area contributed by atoms with Crippen molar-refractivity contribution < 1.29 is 9.53 Å². The molecular formula is C14H20N2O2. The number of fused-ring (bicyclic) bond motifs is 1. The van der Waals surface area contributed by atoms with E-state index in [4.69, 9.17) is 10.5 Å². The molecule has 0 unspecified atom stereocenters. The van der Waals surface area contributed by atoms with Crippen LogP contribution in [0.5, 0.6) is 0 Å². The zero-order chi connectivity index (χ0) is 13.0. The van der Waals surface area contributed by atoms with Crippen molar-refractivity contribution in [3.05, 3.63) is 29.3 Å². The number of nitrogen functional groups attached to an aromatic ring is 1. The number of rotatable bonds is 5. The predicted octanol–water partition coefficient (Wildman–Crippen LogP) is 1.69. The largest absolute Gasteiger partial charge is 0.399 e. The minimum Gasteiger partial charge on any atom is -0.399 e. The zero-order valence-electron chi connectivity index (χ0n) is 10.8. The average Bonchev–Trinajstić information content (AvgIpc) is 2.38. The lowest BCUT2D eigenvalue weighted by Gasteiger charge is -2.28. The SMILES string of the molecule is CCOCCCN1CCc2ccc(N)cc2C1=O. The number of nitrogens with two attached hydrogens (primary N) is 1. The van der Waals surface area contributed by atoms with Crippen LogP contribution in [0.25, 0.3) is 0 Å². The number of benzene rings is 1. The molecule has 0 radical (unpaired) electrons. The maximum absolute atomic E-state index is 12.3. The fourth-order valence-corrected chi connectivity index (χ4v) is 2.25. The molecule has 0 atom stereocenters. The Kier molecular flexibility index (Phi) is 4.20. The zero-order valence-corrected chi connectivity index (χ0v) is 10.8. The number of carbonyl (C=O) groups is 1. The molecule has 0 saturated carbocycles. The summed E-state index contributed by atoms with van der Waals surface area (Å²) in [7, 11) is 0. The van der Waals surface area contributed by atoms with Gasteiger partial charge in [0.05, 0.1) is 0 Å². The molecular weight excluding hydrogens is 228 g/mol. The molecule has 1 amide bonds. The van der Waals surface area contributed by atoms with Crippen LogP contribution in [0.2, 0.25) is 0 Å². The lowest BCUT2D eigenvalue weighted by molar-refractivity contribution is 0.0709. The quantitative estimate of drug-likeness (QED) is 0.637. The molecule has 1 aliphatic heterocycles. The minimum absolute atomic E-state index is 0.0973. The van der Waals surface area contributed by atoms with Gasteiger partial charge in [0.1, 0.15) is 0 Å². The Morgan fingerprint density at radius 3 is 3.06 bits per heavy atom. The Bertz CT molecular complexity index is 432. The van der Waals surface area contributed by atoms with Crippen LogP contribution in [0.3, 0.4) is 0 Å². The summed E-state index contributed by atoms with van der Waals surface area (Å²) >= 11 is 0. The monoisotopic (exact) mass is 248 g/mol. The molecule has 0 bridgehead atoms. The van der Waals surface area contributed by atoms with Crippen molar-refractivity contribution in [2.24, 2.45) is 0 Å². The molecule has 0 fully saturated rings. The fourth-order valence-electron chi connectivity index (χ4n) is 2.25. The van der Waals surface area contributed by atoms with E-state index < -0.39 is 0 Å². The third kappa shape index (κ3) is 2.82. The predicted molar refractivity (Wildman–Crippen MR) is 71.6 cm³/mol. The van der Waals surface area contributed by atoms with Crippen molar-refractivity contribution in [2.75, 3.05) is 32.0 Å². The Morgan fingerprint density at radius 2 is 2.28 bits per heavy atom. The fraction of sp³-hybridized carbons (Fsp3) is 0.500. The first-order chi connectivity index (χ1) is 8.72. The van der Waals surface area contributed by atoms with Gasteiger partial charge < -0.3 is 15.4 Å². The molecule has 18 heavy (non-hydrogen) atoms. The second kappa shape index (κ2) is 5.87. The molecule has 1 aromatic rings. The van der Waals surface area contributed by atoms with Crippen molar-refractivity contribution in [2.45, 2.75) is 19.8 Å². The van der Waals surface area contributed by atoms with Gasteiger partial charge in [-0.2, -0.15) is 0 Å². The molecule has 0 aliphatic carbocycles. The number of ether oxygens (including phenoxy) is 1. The Hall–Kier alpha value is -1.55. The number of hydrogen-bond acceptors (Lipinski definition) is 3. The molecule has 0 spiro atoms. The molecule has 1 aromatic carbocycles. The standard InChI is InChI=1S/C14H20N2O2/c1-2-18-9-3-7-16-8-6-11-4-5-12(15)10-13(11)14(16)17/h4-5,10H,2-3,6-9,15H2,1H3. The van der Waals surface area contributed by atoms with E-state index in [1.165, 1.54) is 0 Å². The summed E-state index contributed by atoms with van der Waals surface area (Å²) in [5.41, 5.74) is 8.26. The van der Waals surface area contributed by atoms with E-state index in [1.807, 2.05) is 24.0 Å². The van der Waals surface area contributed by atoms with Crippen LogP contribution < -0.4 is 5.73 Å². The van der Waals surface area contributed by atoms with Crippen molar-refractivity contribution in [1.82, 2.24) is 4.90 Å². The van der Waals surface area contributed by atoms with Gasteiger partial charge in [-0.25, -0.2) is 0 Å². The number of carbonyl (C=O) groups excluding carboxylic acids is 1. The van der Waals surface area contributed by atoms with Crippen LogP contribution in [0.1, 0.15) is 29.3 Å². The van der Waals surface area contributed by atoms with E-state index in [1.54, 1.807) is 6.07 Å². The van der Waals surface area contributed by atoms with Crippen LogP contribution >= 0.6 is 0 Å². The van der Waals surface area contributed by atoms with E-state index in [9.17, 15) is 4.79 Å². The van der Waals surface area contributed by atoms with Crippen molar-refractivity contribution in [3.63, 3.8) is 0 Å². The molecule has 2 N–H and O–H groups in total. The molecule has 98 valence electrons. The van der Waals surface area contributed by atoms with Gasteiger partial charge in [-0.1, -0.05) is 6.07 Å². The summed E-state index contributed by atoms with van der Waals surface area (Å²) < 4.78 is 5.29. The van der Waals surface area contributed by atoms with E-state index in [0.717, 1.165) is 43.7 Å². The molecule has 1 aliphatic rings. The van der Waals surface area contributed by atoms with Crippen molar-refractivity contribution in [1.29, 1.82) is 0 Å². The highest BCUT2D eigenvalue weighted by atomic mass is 16.5. The van der Waals surface area contributed by atoms with Crippen molar-refractivity contribution >= 4 is 11.6 Å². The first-order valence-corrected chi connectivity index (χ1v) is 6.47. The van der Waals surface area contributed by atoms with E-state index in [-0.39, 0.29) is 5.91 Å². The Morgan fingerprint density at radius 1 is 1.44 bits per heavy atom. The first kappa shape index (κ1) is 12.9. The highest BCUT2D eigenvalue weighted by Crippen LogP contribution is 2.21. The second-order valence-electron chi connectivity index (χ2n) is 4.51. The van der Waals surface area contributed by atoms with Gasteiger partial charge in [0, 0.05) is 37.6 Å². The first-order valence-electron chi connectivity index (χ1n) is 6.47. The van der Waals surface area contributed by atoms with E-state index >= 15 is 0 Å². The molecule has 4 heteroatoms. The number of anilines is 1.